The first-order valence-electron chi connectivity index (χ1n) is 5.51. The molecule has 1 aliphatic heterocycles. The minimum atomic E-state index is -0.456. The minimum absolute atomic E-state index is 0.0807. The topological polar surface area (TPSA) is 58.3 Å². The molecule has 0 aromatic heterocycles. The largest absolute Gasteiger partial charge is 0.390 e. The maximum absolute atomic E-state index is 9.67. The van der Waals surface area contributed by atoms with Gasteiger partial charge in [0.1, 0.15) is 0 Å². The number of nitrogens with two attached hydrogens (primary N) is 1. The van der Waals surface area contributed by atoms with Crippen LogP contribution >= 0.6 is 0 Å². The van der Waals surface area contributed by atoms with Gasteiger partial charge in [-0.25, -0.2) is 0 Å². The van der Waals surface area contributed by atoms with E-state index in [-0.39, 0.29) is 6.04 Å². The predicted molar refractivity (Wildman–Crippen MR) is 62.0 cm³/mol. The van der Waals surface area contributed by atoms with Crippen LogP contribution in [0.15, 0.2) is 18.2 Å². The van der Waals surface area contributed by atoms with Gasteiger partial charge in [-0.1, -0.05) is 19.1 Å². The number of aliphatic hydroxyl groups excluding tert-OH is 1. The number of fused-ring (bicyclic) bond motifs is 1. The molecule has 0 spiro atoms. The van der Waals surface area contributed by atoms with E-state index in [1.54, 1.807) is 0 Å². The number of hydrogen-bond acceptors (Lipinski definition) is 3. The highest BCUT2D eigenvalue weighted by Gasteiger charge is 2.25. The summed E-state index contributed by atoms with van der Waals surface area (Å²) in [5.41, 5.74) is 9.24. The van der Waals surface area contributed by atoms with E-state index in [4.69, 9.17) is 5.73 Å². The van der Waals surface area contributed by atoms with Crippen LogP contribution in [0.1, 0.15) is 18.1 Å². The summed E-state index contributed by atoms with van der Waals surface area (Å²) in [6.45, 7) is 2.46. The SMILES string of the molecule is CCc1ccc2c(c1)CC(C(O)CN)N2. The smallest absolute Gasteiger partial charge is 0.0866 e. The molecule has 3 nitrogen and oxygen atoms in total. The number of benzene rings is 1. The van der Waals surface area contributed by atoms with Crippen molar-refractivity contribution in [2.24, 2.45) is 5.73 Å². The highest BCUT2D eigenvalue weighted by atomic mass is 16.3. The summed E-state index contributed by atoms with van der Waals surface area (Å²) in [6, 6.07) is 6.52. The van der Waals surface area contributed by atoms with Gasteiger partial charge in [-0.05, 0) is 30.0 Å². The Labute approximate surface area is 90.3 Å². The van der Waals surface area contributed by atoms with Crippen LogP contribution in [0.5, 0.6) is 0 Å². The van der Waals surface area contributed by atoms with Gasteiger partial charge in [0.15, 0.2) is 0 Å². The van der Waals surface area contributed by atoms with E-state index in [0.29, 0.717) is 6.54 Å². The molecule has 0 saturated carbocycles. The zero-order valence-electron chi connectivity index (χ0n) is 9.03. The Balaban J connectivity index is 2.16. The van der Waals surface area contributed by atoms with Crippen LogP contribution in [0.4, 0.5) is 5.69 Å². The maximum Gasteiger partial charge on any atom is 0.0866 e. The van der Waals surface area contributed by atoms with E-state index in [0.717, 1.165) is 18.5 Å². The number of aryl methyl sites for hydroxylation is 1. The van der Waals surface area contributed by atoms with Crippen molar-refractivity contribution in [2.75, 3.05) is 11.9 Å². The fraction of sp³-hybridized carbons (Fsp3) is 0.500. The van der Waals surface area contributed by atoms with Crippen molar-refractivity contribution in [1.29, 1.82) is 0 Å². The number of nitrogens with one attached hydrogen (secondary N) is 1. The molecule has 0 fully saturated rings. The Kier molecular flexibility index (Phi) is 2.93. The molecule has 3 heteroatoms. The average molecular weight is 206 g/mol. The van der Waals surface area contributed by atoms with Gasteiger partial charge in [-0.15, -0.1) is 0 Å². The molecule has 1 aromatic carbocycles. The molecule has 0 saturated heterocycles. The van der Waals surface area contributed by atoms with Gasteiger partial charge in [0.25, 0.3) is 0 Å². The molecule has 0 bridgehead atoms. The Morgan fingerprint density at radius 2 is 2.40 bits per heavy atom. The summed E-state index contributed by atoms with van der Waals surface area (Å²) in [4.78, 5) is 0. The van der Waals surface area contributed by atoms with E-state index in [2.05, 4.69) is 30.4 Å². The second-order valence-corrected chi connectivity index (χ2v) is 4.10. The molecule has 15 heavy (non-hydrogen) atoms. The molecule has 2 atom stereocenters. The second kappa shape index (κ2) is 4.21. The molecule has 0 radical (unpaired) electrons. The van der Waals surface area contributed by atoms with Crippen LogP contribution in [0, 0.1) is 0 Å². The first-order valence-corrected chi connectivity index (χ1v) is 5.51. The molecule has 0 aliphatic carbocycles. The van der Waals surface area contributed by atoms with Gasteiger partial charge in [0, 0.05) is 12.2 Å². The summed E-state index contributed by atoms with van der Waals surface area (Å²) in [7, 11) is 0. The average Bonchev–Trinajstić information content (AvgIpc) is 2.70. The molecule has 1 aliphatic rings. The van der Waals surface area contributed by atoms with E-state index in [1.165, 1.54) is 11.1 Å². The Hall–Kier alpha value is -1.06. The third-order valence-electron chi connectivity index (χ3n) is 3.06. The molecule has 0 amide bonds. The summed E-state index contributed by atoms with van der Waals surface area (Å²) >= 11 is 0. The molecular formula is C12H18N2O. The van der Waals surface area contributed by atoms with Crippen LogP contribution in [0.3, 0.4) is 0 Å². The zero-order chi connectivity index (χ0) is 10.8. The lowest BCUT2D eigenvalue weighted by molar-refractivity contribution is 0.162. The highest BCUT2D eigenvalue weighted by molar-refractivity contribution is 5.58. The molecule has 2 unspecified atom stereocenters. The van der Waals surface area contributed by atoms with Gasteiger partial charge < -0.3 is 16.2 Å². The van der Waals surface area contributed by atoms with Crippen molar-refractivity contribution < 1.29 is 5.11 Å². The van der Waals surface area contributed by atoms with Crippen molar-refractivity contribution in [3.63, 3.8) is 0 Å². The third kappa shape index (κ3) is 1.98. The van der Waals surface area contributed by atoms with Gasteiger partial charge in [0.05, 0.1) is 12.1 Å². The molecule has 1 aromatic rings. The van der Waals surface area contributed by atoms with Gasteiger partial charge >= 0.3 is 0 Å². The normalized spacial score (nSPS) is 20.9. The first-order chi connectivity index (χ1) is 7.24. The molecular weight excluding hydrogens is 188 g/mol. The molecule has 82 valence electrons. The van der Waals surface area contributed by atoms with Crippen molar-refractivity contribution in [3.05, 3.63) is 29.3 Å². The number of anilines is 1. The highest BCUT2D eigenvalue weighted by Crippen LogP contribution is 2.28. The quantitative estimate of drug-likeness (QED) is 0.689. The predicted octanol–water partition coefficient (Wildman–Crippen LogP) is 0.905. The third-order valence-corrected chi connectivity index (χ3v) is 3.06. The summed E-state index contributed by atoms with van der Waals surface area (Å²) in [6.07, 6.45) is 1.47. The lowest BCUT2D eigenvalue weighted by Crippen LogP contribution is -2.37. The lowest BCUT2D eigenvalue weighted by Gasteiger charge is -2.16. The summed E-state index contributed by atoms with van der Waals surface area (Å²) in [5, 5.41) is 13.0. The van der Waals surface area contributed by atoms with Crippen LogP contribution in [-0.4, -0.2) is 23.8 Å². The van der Waals surface area contributed by atoms with Crippen LogP contribution < -0.4 is 11.1 Å². The van der Waals surface area contributed by atoms with Gasteiger partial charge in [0.2, 0.25) is 0 Å². The van der Waals surface area contributed by atoms with Crippen molar-refractivity contribution >= 4 is 5.69 Å². The van der Waals surface area contributed by atoms with Crippen LogP contribution in [0.25, 0.3) is 0 Å². The zero-order valence-corrected chi connectivity index (χ0v) is 9.03. The van der Waals surface area contributed by atoms with E-state index in [1.807, 2.05) is 0 Å². The lowest BCUT2D eigenvalue weighted by atomic mass is 10.0. The Morgan fingerprint density at radius 3 is 3.07 bits per heavy atom. The van der Waals surface area contributed by atoms with Crippen LogP contribution in [-0.2, 0) is 12.8 Å². The minimum Gasteiger partial charge on any atom is -0.390 e. The first kappa shape index (κ1) is 10.5. The van der Waals surface area contributed by atoms with Crippen LogP contribution in [0.2, 0.25) is 0 Å². The second-order valence-electron chi connectivity index (χ2n) is 4.10. The number of hydrogen-bond donors (Lipinski definition) is 3. The monoisotopic (exact) mass is 206 g/mol. The number of aliphatic hydroxyl groups is 1. The van der Waals surface area contributed by atoms with Gasteiger partial charge in [-0.3, -0.25) is 0 Å². The van der Waals surface area contributed by atoms with Crippen molar-refractivity contribution in [2.45, 2.75) is 31.9 Å². The summed E-state index contributed by atoms with van der Waals surface area (Å²) < 4.78 is 0. The Morgan fingerprint density at radius 1 is 1.60 bits per heavy atom. The Bertz CT molecular complexity index is 351. The summed E-state index contributed by atoms with van der Waals surface area (Å²) in [5.74, 6) is 0. The fourth-order valence-electron chi connectivity index (χ4n) is 2.06. The van der Waals surface area contributed by atoms with Gasteiger partial charge in [-0.2, -0.15) is 0 Å². The van der Waals surface area contributed by atoms with Crippen molar-refractivity contribution in [1.82, 2.24) is 0 Å². The van der Waals surface area contributed by atoms with E-state index >= 15 is 0 Å². The fourth-order valence-corrected chi connectivity index (χ4v) is 2.06. The standard InChI is InChI=1S/C12H18N2O/c1-2-8-3-4-10-9(5-8)6-11(14-10)12(15)7-13/h3-5,11-12,14-15H,2,6-7,13H2,1H3. The van der Waals surface area contributed by atoms with E-state index < -0.39 is 6.10 Å². The molecule has 2 rings (SSSR count). The maximum atomic E-state index is 9.67. The van der Waals surface area contributed by atoms with Crippen molar-refractivity contribution in [3.8, 4) is 0 Å². The molecule has 1 heterocycles. The van der Waals surface area contributed by atoms with E-state index in [9.17, 15) is 5.11 Å². The molecule has 4 N–H and O–H groups in total. The number of rotatable bonds is 3.